The minimum Gasteiger partial charge on any atom is -0.356 e. The third-order valence-electron chi connectivity index (χ3n) is 6.74. The van der Waals surface area contributed by atoms with E-state index in [0.717, 1.165) is 33.3 Å². The fourth-order valence-electron chi connectivity index (χ4n) is 5.25. The molecule has 1 aromatic heterocycles. The van der Waals surface area contributed by atoms with E-state index < -0.39 is 6.04 Å². The van der Waals surface area contributed by atoms with E-state index in [1.165, 1.54) is 0 Å². The number of hydrogen-bond acceptors (Lipinski definition) is 2. The van der Waals surface area contributed by atoms with Crippen molar-refractivity contribution in [3.8, 4) is 0 Å². The molecule has 0 bridgehead atoms. The number of aromatic amines is 1. The van der Waals surface area contributed by atoms with Crippen molar-refractivity contribution in [1.82, 2.24) is 14.8 Å². The number of piperazine rings is 1. The summed E-state index contributed by atoms with van der Waals surface area (Å²) in [6.07, 6.45) is 0.499. The number of para-hydroxylation sites is 1. The molecule has 2 aliphatic rings. The van der Waals surface area contributed by atoms with Crippen LogP contribution in [-0.4, -0.2) is 39.2 Å². The van der Waals surface area contributed by atoms with E-state index in [2.05, 4.69) is 11.1 Å². The van der Waals surface area contributed by atoms with Gasteiger partial charge in [0.1, 0.15) is 12.6 Å². The average Bonchev–Trinajstić information content (AvgIpc) is 3.21. The molecule has 0 spiro atoms. The summed E-state index contributed by atoms with van der Waals surface area (Å²) < 4.78 is 0. The van der Waals surface area contributed by atoms with E-state index in [1.807, 2.05) is 72.8 Å². The zero-order valence-electron chi connectivity index (χ0n) is 17.9. The second-order valence-corrected chi connectivity index (χ2v) is 9.15. The van der Waals surface area contributed by atoms with E-state index in [9.17, 15) is 9.59 Å². The lowest BCUT2D eigenvalue weighted by atomic mass is 9.86. The van der Waals surface area contributed by atoms with E-state index >= 15 is 0 Å². The monoisotopic (exact) mass is 455 g/mol. The molecule has 1 fully saturated rings. The largest absolute Gasteiger partial charge is 0.356 e. The molecule has 164 valence electrons. The highest BCUT2D eigenvalue weighted by atomic mass is 35.5. The van der Waals surface area contributed by atoms with Crippen LogP contribution in [0.15, 0.2) is 78.9 Å². The lowest BCUT2D eigenvalue weighted by Crippen LogP contribution is -2.62. The van der Waals surface area contributed by atoms with Crippen LogP contribution >= 0.6 is 11.6 Å². The molecule has 1 unspecified atom stereocenters. The van der Waals surface area contributed by atoms with Crippen LogP contribution in [0.4, 0.5) is 0 Å². The Morgan fingerprint density at radius 3 is 2.42 bits per heavy atom. The first-order chi connectivity index (χ1) is 16.1. The van der Waals surface area contributed by atoms with Gasteiger partial charge in [-0.05, 0) is 34.9 Å². The first-order valence-corrected chi connectivity index (χ1v) is 11.5. The summed E-state index contributed by atoms with van der Waals surface area (Å²) in [4.78, 5) is 34.3. The first kappa shape index (κ1) is 20.1. The van der Waals surface area contributed by atoms with Gasteiger partial charge >= 0.3 is 0 Å². The molecule has 1 N–H and O–H groups in total. The Bertz CT molecular complexity index is 1360. The molecule has 5 nitrogen and oxygen atoms in total. The molecule has 1 saturated heterocycles. The molecule has 0 aliphatic carbocycles. The number of nitrogens with zero attached hydrogens (tertiary/aromatic N) is 2. The Kier molecular flexibility index (Phi) is 4.73. The molecule has 33 heavy (non-hydrogen) atoms. The molecule has 2 amide bonds. The van der Waals surface area contributed by atoms with Gasteiger partial charge < -0.3 is 14.8 Å². The van der Waals surface area contributed by atoms with Crippen molar-refractivity contribution in [3.63, 3.8) is 0 Å². The summed E-state index contributed by atoms with van der Waals surface area (Å²) >= 11 is 6.15. The van der Waals surface area contributed by atoms with Crippen molar-refractivity contribution in [3.05, 3.63) is 106 Å². The minimum absolute atomic E-state index is 0.00616. The summed E-state index contributed by atoms with van der Waals surface area (Å²) in [5.41, 5.74) is 5.06. The molecule has 6 rings (SSSR count). The number of nitrogens with one attached hydrogen (secondary N) is 1. The number of H-pyrrole nitrogens is 1. The summed E-state index contributed by atoms with van der Waals surface area (Å²) in [6, 6.07) is 24.6. The third-order valence-corrected chi connectivity index (χ3v) is 7.00. The molecule has 0 radical (unpaired) electrons. The number of fused-ring (bicyclic) bond motifs is 4. The van der Waals surface area contributed by atoms with Gasteiger partial charge in [-0.3, -0.25) is 9.59 Å². The Morgan fingerprint density at radius 1 is 0.909 bits per heavy atom. The smallest absolute Gasteiger partial charge is 0.246 e. The molecule has 2 atom stereocenters. The van der Waals surface area contributed by atoms with Gasteiger partial charge in [-0.15, -0.1) is 0 Å². The van der Waals surface area contributed by atoms with Gasteiger partial charge in [0.25, 0.3) is 0 Å². The highest BCUT2D eigenvalue weighted by molar-refractivity contribution is 6.30. The minimum atomic E-state index is -0.539. The summed E-state index contributed by atoms with van der Waals surface area (Å²) in [6.45, 7) is 0.506. The van der Waals surface area contributed by atoms with Crippen molar-refractivity contribution in [2.24, 2.45) is 0 Å². The molecule has 3 aromatic carbocycles. The second kappa shape index (κ2) is 7.78. The Labute approximate surface area is 196 Å². The standard InChI is InChI=1S/C27H22ClN3O2/c28-19-12-10-18(11-13-19)26-25-21(20-8-4-5-9-22(20)29-25)14-23-27(33)30(16-24(32)31(23)26)15-17-6-2-1-3-7-17/h1-13,23,26,29H,14-16H2/t23-,26?/m0/s1. The van der Waals surface area contributed by atoms with Crippen LogP contribution in [0, 0.1) is 0 Å². The SMILES string of the molecule is O=C1[C@@H]2Cc3c([nH]c4ccccc34)C(c3ccc(Cl)cc3)N2C(=O)CN1Cc1ccccc1. The Morgan fingerprint density at radius 2 is 1.64 bits per heavy atom. The quantitative estimate of drug-likeness (QED) is 0.486. The zero-order valence-corrected chi connectivity index (χ0v) is 18.6. The van der Waals surface area contributed by atoms with Gasteiger partial charge in [-0.1, -0.05) is 72.3 Å². The molecule has 0 saturated carbocycles. The maximum atomic E-state index is 13.7. The van der Waals surface area contributed by atoms with Crippen molar-refractivity contribution in [1.29, 1.82) is 0 Å². The van der Waals surface area contributed by atoms with E-state index in [4.69, 9.17) is 11.6 Å². The highest BCUT2D eigenvalue weighted by Gasteiger charge is 2.48. The van der Waals surface area contributed by atoms with Gasteiger partial charge in [0.2, 0.25) is 11.8 Å². The van der Waals surface area contributed by atoms with Crippen molar-refractivity contribution >= 4 is 34.3 Å². The average molecular weight is 456 g/mol. The summed E-state index contributed by atoms with van der Waals surface area (Å²) in [7, 11) is 0. The van der Waals surface area contributed by atoms with Crippen molar-refractivity contribution in [2.75, 3.05) is 6.54 Å². The fourth-order valence-corrected chi connectivity index (χ4v) is 5.38. The summed E-state index contributed by atoms with van der Waals surface area (Å²) in [5.74, 6) is -0.0480. The van der Waals surface area contributed by atoms with E-state index in [0.29, 0.717) is 18.0 Å². The van der Waals surface area contributed by atoms with Gasteiger partial charge in [0.15, 0.2) is 0 Å². The molecular weight excluding hydrogens is 434 g/mol. The third kappa shape index (κ3) is 3.31. The lowest BCUT2D eigenvalue weighted by Gasteiger charge is -2.47. The van der Waals surface area contributed by atoms with Crippen LogP contribution < -0.4 is 0 Å². The van der Waals surface area contributed by atoms with E-state index in [1.54, 1.807) is 9.80 Å². The normalized spacial score (nSPS) is 20.2. The topological polar surface area (TPSA) is 56.4 Å². The van der Waals surface area contributed by atoms with Crippen molar-refractivity contribution in [2.45, 2.75) is 25.0 Å². The predicted octanol–water partition coefficient (Wildman–Crippen LogP) is 4.71. The maximum Gasteiger partial charge on any atom is 0.246 e. The number of halogens is 1. The maximum absolute atomic E-state index is 13.7. The Hall–Kier alpha value is -3.57. The van der Waals surface area contributed by atoms with Crippen LogP contribution in [-0.2, 0) is 22.6 Å². The predicted molar refractivity (Wildman–Crippen MR) is 128 cm³/mol. The van der Waals surface area contributed by atoms with Crippen molar-refractivity contribution < 1.29 is 9.59 Å². The second-order valence-electron chi connectivity index (χ2n) is 8.72. The molecule has 3 heterocycles. The van der Waals surface area contributed by atoms with Gasteiger partial charge in [-0.2, -0.15) is 0 Å². The van der Waals surface area contributed by atoms with Gasteiger partial charge in [0, 0.05) is 34.6 Å². The van der Waals surface area contributed by atoms with E-state index in [-0.39, 0.29) is 24.4 Å². The highest BCUT2D eigenvalue weighted by Crippen LogP contribution is 2.42. The number of carbonyl (C=O) groups is 2. The lowest BCUT2D eigenvalue weighted by molar-refractivity contribution is -0.159. The zero-order chi connectivity index (χ0) is 22.5. The molecule has 6 heteroatoms. The summed E-state index contributed by atoms with van der Waals surface area (Å²) in [5, 5.41) is 1.74. The number of amides is 2. The van der Waals surface area contributed by atoms with Crippen LogP contribution in [0.3, 0.4) is 0 Å². The van der Waals surface area contributed by atoms with Crippen LogP contribution in [0.5, 0.6) is 0 Å². The van der Waals surface area contributed by atoms with Gasteiger partial charge in [-0.25, -0.2) is 0 Å². The number of benzene rings is 3. The van der Waals surface area contributed by atoms with Crippen LogP contribution in [0.25, 0.3) is 10.9 Å². The number of rotatable bonds is 3. The fraction of sp³-hybridized carbons (Fsp3) is 0.185. The Balaban J connectivity index is 1.46. The van der Waals surface area contributed by atoms with Crippen LogP contribution in [0.2, 0.25) is 5.02 Å². The number of carbonyl (C=O) groups excluding carboxylic acids is 2. The molecule has 4 aromatic rings. The van der Waals surface area contributed by atoms with Crippen LogP contribution in [0.1, 0.15) is 28.4 Å². The molecule has 2 aliphatic heterocycles. The molecular formula is C27H22ClN3O2. The first-order valence-electron chi connectivity index (χ1n) is 11.1. The number of hydrogen-bond donors (Lipinski definition) is 1. The van der Waals surface area contributed by atoms with Gasteiger partial charge in [0.05, 0.1) is 6.04 Å². The number of aromatic nitrogens is 1.